The first-order valence-corrected chi connectivity index (χ1v) is 11.3. The number of aryl methyl sites for hydroxylation is 1. The highest BCUT2D eigenvalue weighted by Gasteiger charge is 2.50. The highest BCUT2D eigenvalue weighted by Crippen LogP contribution is 2.54. The number of pyridine rings is 1. The molecular weight excluding hydrogens is 424 g/mol. The van der Waals surface area contributed by atoms with E-state index in [4.69, 9.17) is 11.6 Å². The maximum Gasteiger partial charge on any atom is 0.243 e. The van der Waals surface area contributed by atoms with Crippen LogP contribution < -0.4 is 5.32 Å². The summed E-state index contributed by atoms with van der Waals surface area (Å²) in [5.41, 5.74) is 2.06. The molecule has 0 bridgehead atoms. The Morgan fingerprint density at radius 3 is 2.88 bits per heavy atom. The lowest BCUT2D eigenvalue weighted by molar-refractivity contribution is -0.116. The molecule has 3 atom stereocenters. The number of aromatic nitrogens is 1. The van der Waals surface area contributed by atoms with Crippen molar-refractivity contribution in [2.45, 2.75) is 56.1 Å². The van der Waals surface area contributed by atoms with Gasteiger partial charge in [-0.05, 0) is 103 Å². The predicted molar refractivity (Wildman–Crippen MR) is 124 cm³/mol. The van der Waals surface area contributed by atoms with Crippen LogP contribution in [0.2, 0.25) is 0 Å². The van der Waals surface area contributed by atoms with E-state index in [0.29, 0.717) is 25.8 Å². The highest BCUT2D eigenvalue weighted by molar-refractivity contribution is 6.30. The fraction of sp³-hybridized carbons (Fsp3) is 0.385. The second-order valence-electron chi connectivity index (χ2n) is 8.87. The van der Waals surface area contributed by atoms with Gasteiger partial charge in [-0.2, -0.15) is 0 Å². The minimum absolute atomic E-state index is 0.142. The lowest BCUT2D eigenvalue weighted by Crippen LogP contribution is -2.49. The predicted octanol–water partition coefficient (Wildman–Crippen LogP) is 3.96. The molecule has 0 unspecified atom stereocenters. The molecule has 0 saturated heterocycles. The van der Waals surface area contributed by atoms with Gasteiger partial charge in [-0.15, -0.1) is 0 Å². The number of phenols is 1. The number of aromatic hydroxyl groups is 1. The average Bonchev–Trinajstić information content (AvgIpc) is 2.78. The third-order valence-electron chi connectivity index (χ3n) is 6.98. The number of rotatable bonds is 5. The van der Waals surface area contributed by atoms with Gasteiger partial charge < -0.3 is 15.5 Å². The van der Waals surface area contributed by atoms with Gasteiger partial charge >= 0.3 is 0 Å². The van der Waals surface area contributed by atoms with Crippen LogP contribution in [-0.2, 0) is 23.2 Å². The number of halogens is 1. The van der Waals surface area contributed by atoms with Crippen molar-refractivity contribution in [3.05, 3.63) is 71.6 Å². The molecule has 1 aromatic heterocycles. The van der Waals surface area contributed by atoms with Crippen LogP contribution in [0.3, 0.4) is 0 Å². The van der Waals surface area contributed by atoms with Crippen LogP contribution in [0.5, 0.6) is 5.75 Å². The van der Waals surface area contributed by atoms with Crippen molar-refractivity contribution in [2.24, 2.45) is 5.92 Å². The number of aliphatic hydroxyl groups is 1. The maximum absolute atomic E-state index is 12.4. The van der Waals surface area contributed by atoms with Gasteiger partial charge in [0.15, 0.2) is 0 Å². The number of fused-ring (bicyclic) bond motifs is 3. The normalized spacial score (nSPS) is 26.5. The monoisotopic (exact) mass is 450 g/mol. The van der Waals surface area contributed by atoms with Gasteiger partial charge in [-0.1, -0.05) is 18.1 Å². The van der Waals surface area contributed by atoms with Gasteiger partial charge in [-0.3, -0.25) is 9.78 Å². The van der Waals surface area contributed by atoms with Crippen LogP contribution in [-0.4, -0.2) is 26.7 Å². The summed E-state index contributed by atoms with van der Waals surface area (Å²) in [6.07, 6.45) is 11.2. The number of phenolic OH excluding ortho intramolecular Hbond substituents is 1. The summed E-state index contributed by atoms with van der Waals surface area (Å²) in [5.74, 6) is 3.13. The van der Waals surface area contributed by atoms with Crippen LogP contribution in [0.25, 0.3) is 0 Å². The number of hydrogen-bond acceptors (Lipinski definition) is 4. The van der Waals surface area contributed by atoms with Gasteiger partial charge in [-0.25, -0.2) is 0 Å². The van der Waals surface area contributed by atoms with Crippen molar-refractivity contribution in [3.8, 4) is 17.0 Å². The van der Waals surface area contributed by atoms with E-state index in [2.05, 4.69) is 21.6 Å². The molecule has 0 spiro atoms. The van der Waals surface area contributed by atoms with Gasteiger partial charge in [0.25, 0.3) is 0 Å². The third kappa shape index (κ3) is 4.67. The zero-order valence-corrected chi connectivity index (χ0v) is 18.6. The Labute approximate surface area is 193 Å². The Morgan fingerprint density at radius 1 is 1.28 bits per heavy atom. The first-order chi connectivity index (χ1) is 15.4. The second kappa shape index (κ2) is 9.36. The molecule has 2 aliphatic carbocycles. The molecule has 1 fully saturated rings. The van der Waals surface area contributed by atoms with Gasteiger partial charge in [0, 0.05) is 29.7 Å². The van der Waals surface area contributed by atoms with Crippen LogP contribution in [0, 0.1) is 17.2 Å². The van der Waals surface area contributed by atoms with Gasteiger partial charge in [0.2, 0.25) is 5.91 Å². The van der Waals surface area contributed by atoms with Crippen LogP contribution >= 0.6 is 11.6 Å². The quantitative estimate of drug-likeness (QED) is 0.475. The molecule has 32 heavy (non-hydrogen) atoms. The molecule has 1 aromatic carbocycles. The number of benzene rings is 1. The number of nitrogens with zero attached hydrogens (tertiary/aromatic N) is 1. The standard InChI is InChI=1S/C26H27ClN2O3/c27-13-12-25(32)10-11-26(9-1-2-24(31)29-18-19-7-14-28-15-8-19)21(17-25)4-3-20-16-22(30)5-6-23(20)26/h1-2,5-8,14-16,21,30,32H,3-4,9-11,17-18H2,(H,29,31)/b2-1+/t21-,25+,26-/m0/s1. The topological polar surface area (TPSA) is 82.5 Å². The molecule has 6 heteroatoms. The fourth-order valence-corrected chi connectivity index (χ4v) is 5.56. The lowest BCUT2D eigenvalue weighted by Gasteiger charge is -2.52. The molecule has 0 aliphatic heterocycles. The van der Waals surface area contributed by atoms with Crippen molar-refractivity contribution in [3.63, 3.8) is 0 Å². The lowest BCUT2D eigenvalue weighted by atomic mass is 9.53. The van der Waals surface area contributed by atoms with Crippen molar-refractivity contribution in [1.82, 2.24) is 10.3 Å². The van der Waals surface area contributed by atoms with Crippen molar-refractivity contribution in [2.75, 3.05) is 0 Å². The maximum atomic E-state index is 12.4. The minimum Gasteiger partial charge on any atom is -0.508 e. The van der Waals surface area contributed by atoms with Gasteiger partial charge in [0.05, 0.1) is 0 Å². The Bertz CT molecular complexity index is 1080. The van der Waals surface area contributed by atoms with Crippen LogP contribution in [0.4, 0.5) is 0 Å². The summed E-state index contributed by atoms with van der Waals surface area (Å²) < 4.78 is 0. The molecule has 166 valence electrons. The Morgan fingerprint density at radius 2 is 2.09 bits per heavy atom. The van der Waals surface area contributed by atoms with E-state index >= 15 is 0 Å². The molecule has 0 radical (unpaired) electrons. The van der Waals surface area contributed by atoms with E-state index in [1.54, 1.807) is 24.5 Å². The first kappa shape index (κ1) is 22.4. The third-order valence-corrected chi connectivity index (χ3v) is 7.08. The SMILES string of the molecule is O=C(/C=C/C[C@]12CC[C@@](O)(C#CCl)C[C@@H]1CCc1cc(O)ccc12)NCc1ccncc1. The summed E-state index contributed by atoms with van der Waals surface area (Å²) >= 11 is 5.62. The molecule has 5 nitrogen and oxygen atoms in total. The van der Waals surface area contributed by atoms with Gasteiger partial charge in [0.1, 0.15) is 11.4 Å². The molecule has 3 N–H and O–H groups in total. The van der Waals surface area contributed by atoms with E-state index in [1.165, 1.54) is 5.56 Å². The number of allylic oxidation sites excluding steroid dienone is 1. The Balaban J connectivity index is 1.53. The molecule has 4 rings (SSSR count). The van der Waals surface area contributed by atoms with E-state index in [0.717, 1.165) is 30.4 Å². The van der Waals surface area contributed by atoms with Crippen LogP contribution in [0.15, 0.2) is 54.9 Å². The average molecular weight is 451 g/mol. The molecule has 1 heterocycles. The van der Waals surface area contributed by atoms with E-state index < -0.39 is 5.60 Å². The van der Waals surface area contributed by atoms with Crippen LogP contribution in [0.1, 0.15) is 48.8 Å². The summed E-state index contributed by atoms with van der Waals surface area (Å²) in [5, 5.41) is 26.2. The number of carbonyl (C=O) groups excluding carboxylic acids is 1. The number of hydrogen-bond donors (Lipinski definition) is 3. The van der Waals surface area contributed by atoms with Crippen molar-refractivity contribution >= 4 is 17.5 Å². The summed E-state index contributed by atoms with van der Waals surface area (Å²) in [6, 6.07) is 9.32. The van der Waals surface area contributed by atoms with E-state index in [-0.39, 0.29) is 23.0 Å². The first-order valence-electron chi connectivity index (χ1n) is 10.9. The number of nitrogens with one attached hydrogen (secondary N) is 1. The smallest absolute Gasteiger partial charge is 0.243 e. The highest BCUT2D eigenvalue weighted by atomic mass is 35.5. The molecule has 2 aliphatic rings. The molecular formula is C26H27ClN2O3. The zero-order chi connectivity index (χ0) is 22.6. The van der Waals surface area contributed by atoms with E-state index in [9.17, 15) is 15.0 Å². The molecule has 2 aromatic rings. The number of carbonyl (C=O) groups is 1. The Kier molecular flexibility index (Phi) is 6.55. The molecule has 1 saturated carbocycles. The minimum atomic E-state index is -1.07. The largest absolute Gasteiger partial charge is 0.508 e. The summed E-state index contributed by atoms with van der Waals surface area (Å²) in [6.45, 7) is 0.450. The molecule has 1 amide bonds. The fourth-order valence-electron chi connectivity index (χ4n) is 5.38. The second-order valence-corrected chi connectivity index (χ2v) is 9.06. The Hall–Kier alpha value is -2.81. The summed E-state index contributed by atoms with van der Waals surface area (Å²) in [4.78, 5) is 16.4. The summed E-state index contributed by atoms with van der Waals surface area (Å²) in [7, 11) is 0. The van der Waals surface area contributed by atoms with E-state index in [1.807, 2.05) is 30.3 Å². The van der Waals surface area contributed by atoms with Crippen molar-refractivity contribution < 1.29 is 15.0 Å². The van der Waals surface area contributed by atoms with Crippen molar-refractivity contribution in [1.29, 1.82) is 0 Å². The number of amides is 1. The zero-order valence-electron chi connectivity index (χ0n) is 17.9.